The molecule has 0 saturated carbocycles. The van der Waals surface area contributed by atoms with Crippen molar-refractivity contribution >= 4 is 18.1 Å². The van der Waals surface area contributed by atoms with Gasteiger partial charge < -0.3 is 4.74 Å². The van der Waals surface area contributed by atoms with Gasteiger partial charge in [-0.1, -0.05) is 61.9 Å². The van der Waals surface area contributed by atoms with Gasteiger partial charge in [0.1, 0.15) is 34.7 Å². The Morgan fingerprint density at radius 1 is 1.00 bits per heavy atom. The van der Waals surface area contributed by atoms with Crippen LogP contribution in [-0.4, -0.2) is 11.0 Å². The number of esters is 1. The number of aryl methyl sites for hydroxylation is 1. The van der Waals surface area contributed by atoms with Crippen LogP contribution in [0.15, 0.2) is 54.7 Å². The second-order valence-electron chi connectivity index (χ2n) is 5.98. The van der Waals surface area contributed by atoms with Crippen molar-refractivity contribution < 1.29 is 18.3 Å². The van der Waals surface area contributed by atoms with Crippen molar-refractivity contribution in [2.45, 2.75) is 20.8 Å². The molecular formula is C24H20F2N2O2. The van der Waals surface area contributed by atoms with Crippen molar-refractivity contribution in [2.75, 3.05) is 0 Å². The number of nitriles is 1. The summed E-state index contributed by atoms with van der Waals surface area (Å²) in [5.41, 5.74) is 2.22. The zero-order valence-corrected chi connectivity index (χ0v) is 16.8. The number of pyridine rings is 1. The number of nitrogens with zero attached hydrogens (tertiary/aromatic N) is 2. The van der Waals surface area contributed by atoms with E-state index in [2.05, 4.69) is 4.98 Å². The van der Waals surface area contributed by atoms with E-state index < -0.39 is 23.2 Å². The lowest BCUT2D eigenvalue weighted by atomic mass is 10.1. The summed E-state index contributed by atoms with van der Waals surface area (Å²) in [4.78, 5) is 16.1. The maximum atomic E-state index is 13.6. The van der Waals surface area contributed by atoms with Crippen molar-refractivity contribution in [3.8, 4) is 11.8 Å². The lowest BCUT2D eigenvalue weighted by Crippen LogP contribution is -2.11. The second kappa shape index (κ2) is 10.6. The third kappa shape index (κ3) is 5.82. The van der Waals surface area contributed by atoms with E-state index in [9.17, 15) is 13.6 Å². The molecule has 0 N–H and O–H groups in total. The van der Waals surface area contributed by atoms with E-state index in [4.69, 9.17) is 10.00 Å². The Morgan fingerprint density at radius 3 is 2.10 bits per heavy atom. The van der Waals surface area contributed by atoms with E-state index in [1.54, 1.807) is 6.07 Å². The predicted octanol–water partition coefficient (Wildman–Crippen LogP) is 5.96. The maximum absolute atomic E-state index is 13.6. The molecule has 0 unspecified atom stereocenters. The number of hydrogen-bond acceptors (Lipinski definition) is 4. The van der Waals surface area contributed by atoms with Crippen molar-refractivity contribution in [1.29, 1.82) is 5.26 Å². The Balaban J connectivity index is 0.00000155. The van der Waals surface area contributed by atoms with Gasteiger partial charge in [0, 0.05) is 18.3 Å². The SMILES string of the molecule is CC.Cc1ccc(/C=C/c2ccc(C(=O)Oc3cc(F)c(C#N)c(F)c3)nc2)cc1. The zero-order valence-electron chi connectivity index (χ0n) is 16.8. The van der Waals surface area contributed by atoms with E-state index in [0.717, 1.165) is 23.3 Å². The van der Waals surface area contributed by atoms with Crippen LogP contribution in [0.5, 0.6) is 5.75 Å². The summed E-state index contributed by atoms with van der Waals surface area (Å²) in [6.45, 7) is 6.01. The molecule has 3 rings (SSSR count). The molecule has 0 radical (unpaired) electrons. The second-order valence-corrected chi connectivity index (χ2v) is 5.98. The number of rotatable bonds is 4. The van der Waals surface area contributed by atoms with Gasteiger partial charge in [-0.05, 0) is 24.1 Å². The van der Waals surface area contributed by atoms with Crippen molar-refractivity contribution in [2.24, 2.45) is 0 Å². The van der Waals surface area contributed by atoms with E-state index in [1.807, 2.05) is 57.2 Å². The van der Waals surface area contributed by atoms with Crippen LogP contribution in [0.1, 0.15) is 46.6 Å². The van der Waals surface area contributed by atoms with Crippen LogP contribution in [0.25, 0.3) is 12.2 Å². The number of hydrogen-bond donors (Lipinski definition) is 0. The molecule has 3 aromatic rings. The van der Waals surface area contributed by atoms with Crippen LogP contribution in [0.3, 0.4) is 0 Å². The van der Waals surface area contributed by atoms with Gasteiger partial charge in [-0.3, -0.25) is 0 Å². The molecule has 0 spiro atoms. The summed E-state index contributed by atoms with van der Waals surface area (Å²) < 4.78 is 32.1. The minimum Gasteiger partial charge on any atom is -0.422 e. The first-order valence-electron chi connectivity index (χ1n) is 9.28. The van der Waals surface area contributed by atoms with Crippen molar-refractivity contribution in [3.05, 3.63) is 94.3 Å². The van der Waals surface area contributed by atoms with Crippen LogP contribution in [0.4, 0.5) is 8.78 Å². The van der Waals surface area contributed by atoms with Crippen LogP contribution in [0, 0.1) is 29.9 Å². The monoisotopic (exact) mass is 406 g/mol. The van der Waals surface area contributed by atoms with Gasteiger partial charge in [-0.25, -0.2) is 18.6 Å². The number of benzene rings is 2. The van der Waals surface area contributed by atoms with Crippen LogP contribution in [-0.2, 0) is 0 Å². The van der Waals surface area contributed by atoms with E-state index >= 15 is 0 Å². The average molecular weight is 406 g/mol. The Kier molecular flexibility index (Phi) is 7.95. The molecule has 2 aromatic carbocycles. The lowest BCUT2D eigenvalue weighted by molar-refractivity contribution is 0.0727. The Hall–Kier alpha value is -3.85. The maximum Gasteiger partial charge on any atom is 0.362 e. The molecule has 0 aliphatic carbocycles. The van der Waals surface area contributed by atoms with Crippen LogP contribution < -0.4 is 4.74 Å². The molecule has 1 aromatic heterocycles. The van der Waals surface area contributed by atoms with Crippen molar-refractivity contribution in [1.82, 2.24) is 4.98 Å². The number of aromatic nitrogens is 1. The van der Waals surface area contributed by atoms with Gasteiger partial charge in [0.2, 0.25) is 0 Å². The Bertz CT molecular complexity index is 1060. The zero-order chi connectivity index (χ0) is 22.1. The predicted molar refractivity (Wildman–Crippen MR) is 112 cm³/mol. The molecule has 4 nitrogen and oxygen atoms in total. The molecule has 0 atom stereocenters. The number of ether oxygens (including phenoxy) is 1. The largest absolute Gasteiger partial charge is 0.422 e. The molecule has 0 fully saturated rings. The first-order valence-corrected chi connectivity index (χ1v) is 9.28. The highest BCUT2D eigenvalue weighted by Crippen LogP contribution is 2.21. The minimum absolute atomic E-state index is 0.0161. The normalized spacial score (nSPS) is 10.1. The summed E-state index contributed by atoms with van der Waals surface area (Å²) in [7, 11) is 0. The molecule has 1 heterocycles. The number of carbonyl (C=O) groups is 1. The quantitative estimate of drug-likeness (QED) is 0.396. The van der Waals surface area contributed by atoms with E-state index in [1.165, 1.54) is 23.9 Å². The molecule has 30 heavy (non-hydrogen) atoms. The molecular weight excluding hydrogens is 386 g/mol. The fourth-order valence-corrected chi connectivity index (χ4v) is 2.37. The van der Waals surface area contributed by atoms with Gasteiger partial charge >= 0.3 is 5.97 Å². The summed E-state index contributed by atoms with van der Waals surface area (Å²) in [6, 6.07) is 14.1. The van der Waals surface area contributed by atoms with Crippen LogP contribution >= 0.6 is 0 Å². The third-order valence-electron chi connectivity index (χ3n) is 3.88. The topological polar surface area (TPSA) is 63.0 Å². The highest BCUT2D eigenvalue weighted by atomic mass is 19.1. The summed E-state index contributed by atoms with van der Waals surface area (Å²) in [5.74, 6) is -3.41. The van der Waals surface area contributed by atoms with Gasteiger partial charge in [-0.15, -0.1) is 0 Å². The highest BCUT2D eigenvalue weighted by molar-refractivity contribution is 5.89. The Labute approximate surface area is 174 Å². The Morgan fingerprint density at radius 2 is 1.57 bits per heavy atom. The third-order valence-corrected chi connectivity index (χ3v) is 3.88. The van der Waals surface area contributed by atoms with Crippen LogP contribution in [0.2, 0.25) is 0 Å². The average Bonchev–Trinajstić information content (AvgIpc) is 2.75. The number of carbonyl (C=O) groups excluding carboxylic acids is 1. The molecule has 0 aliphatic rings. The first kappa shape index (κ1) is 22.4. The van der Waals surface area contributed by atoms with E-state index in [0.29, 0.717) is 0 Å². The fraction of sp³-hybridized carbons (Fsp3) is 0.125. The summed E-state index contributed by atoms with van der Waals surface area (Å²) >= 11 is 0. The molecule has 0 bridgehead atoms. The summed E-state index contributed by atoms with van der Waals surface area (Å²) in [5, 5.41) is 8.65. The minimum atomic E-state index is -1.10. The molecule has 0 saturated heterocycles. The molecule has 6 heteroatoms. The summed E-state index contributed by atoms with van der Waals surface area (Å²) in [6.07, 6.45) is 5.25. The van der Waals surface area contributed by atoms with Crippen molar-refractivity contribution in [3.63, 3.8) is 0 Å². The van der Waals surface area contributed by atoms with Gasteiger partial charge in [0.05, 0.1) is 0 Å². The molecule has 152 valence electrons. The van der Waals surface area contributed by atoms with Gasteiger partial charge in [-0.2, -0.15) is 5.26 Å². The highest BCUT2D eigenvalue weighted by Gasteiger charge is 2.15. The van der Waals surface area contributed by atoms with E-state index in [-0.39, 0.29) is 11.4 Å². The number of halogens is 2. The van der Waals surface area contributed by atoms with Gasteiger partial charge in [0.25, 0.3) is 0 Å². The molecule has 0 aliphatic heterocycles. The standard InChI is InChI=1S/C22H14F2N2O2.C2H6/c1-14-2-4-15(5-3-14)6-7-16-8-9-21(26-13-16)22(27)28-17-10-19(23)18(12-25)20(24)11-17;1-2/h2-11,13H,1H3;1-2H3/b7-6+;. The molecule has 0 amide bonds. The fourth-order valence-electron chi connectivity index (χ4n) is 2.37. The lowest BCUT2D eigenvalue weighted by Gasteiger charge is -2.05. The smallest absolute Gasteiger partial charge is 0.362 e. The first-order chi connectivity index (χ1) is 14.5. The van der Waals surface area contributed by atoms with Gasteiger partial charge in [0.15, 0.2) is 0 Å².